The fourth-order valence-electron chi connectivity index (χ4n) is 2.76. The second kappa shape index (κ2) is 8.39. The van der Waals surface area contributed by atoms with Crippen molar-refractivity contribution >= 4 is 5.91 Å². The Morgan fingerprint density at radius 3 is 2.12 bits per heavy atom. The zero-order chi connectivity index (χ0) is 19.3. The van der Waals surface area contributed by atoms with Crippen LogP contribution in [0.15, 0.2) is 48.5 Å². The van der Waals surface area contributed by atoms with E-state index in [1.165, 1.54) is 11.1 Å². The molecule has 0 aliphatic rings. The van der Waals surface area contributed by atoms with Crippen LogP contribution in [0.2, 0.25) is 0 Å². The van der Waals surface area contributed by atoms with Gasteiger partial charge in [0.15, 0.2) is 6.10 Å². The smallest absolute Gasteiger partial charge is 0.261 e. The van der Waals surface area contributed by atoms with Gasteiger partial charge in [0.2, 0.25) is 0 Å². The minimum atomic E-state index is -0.492. The molecule has 0 saturated carbocycles. The van der Waals surface area contributed by atoms with Gasteiger partial charge in [-0.15, -0.1) is 0 Å². The van der Waals surface area contributed by atoms with Crippen LogP contribution in [-0.4, -0.2) is 12.0 Å². The van der Waals surface area contributed by atoms with Crippen molar-refractivity contribution in [3.8, 4) is 5.75 Å². The molecule has 140 valence electrons. The Kier molecular flexibility index (Phi) is 6.47. The summed E-state index contributed by atoms with van der Waals surface area (Å²) in [4.78, 5) is 12.6. The first-order valence-corrected chi connectivity index (χ1v) is 9.35. The van der Waals surface area contributed by atoms with E-state index in [0.717, 1.165) is 11.3 Å². The number of carbonyl (C=O) groups excluding carboxylic acids is 1. The largest absolute Gasteiger partial charge is 0.481 e. The molecule has 0 fully saturated rings. The van der Waals surface area contributed by atoms with E-state index in [-0.39, 0.29) is 17.4 Å². The summed E-state index contributed by atoms with van der Waals surface area (Å²) in [6.45, 7) is 12.6. The molecule has 0 aliphatic heterocycles. The Hall–Kier alpha value is -2.29. The monoisotopic (exact) mass is 353 g/mol. The molecule has 0 saturated heterocycles. The summed E-state index contributed by atoms with van der Waals surface area (Å²) in [5, 5.41) is 3.07. The average molecular weight is 354 g/mol. The van der Waals surface area contributed by atoms with Crippen LogP contribution in [0.3, 0.4) is 0 Å². The molecule has 2 aromatic rings. The molecule has 0 radical (unpaired) electrons. The summed E-state index contributed by atoms with van der Waals surface area (Å²) < 4.78 is 5.87. The topological polar surface area (TPSA) is 38.3 Å². The van der Waals surface area contributed by atoms with Gasteiger partial charge in [-0.25, -0.2) is 0 Å². The number of hydrogen-bond donors (Lipinski definition) is 1. The fraction of sp³-hybridized carbons (Fsp3) is 0.435. The minimum absolute atomic E-state index is 0.0628. The Morgan fingerprint density at radius 2 is 1.62 bits per heavy atom. The molecule has 2 unspecified atom stereocenters. The number of nitrogens with one attached hydrogen (secondary N) is 1. The molecular weight excluding hydrogens is 322 g/mol. The molecule has 0 heterocycles. The second-order valence-electron chi connectivity index (χ2n) is 7.93. The summed E-state index contributed by atoms with van der Waals surface area (Å²) in [7, 11) is 0. The van der Waals surface area contributed by atoms with Gasteiger partial charge < -0.3 is 10.1 Å². The number of amides is 1. The maximum atomic E-state index is 12.6. The maximum Gasteiger partial charge on any atom is 0.261 e. The average Bonchev–Trinajstić information content (AvgIpc) is 2.60. The molecule has 1 amide bonds. The summed E-state index contributed by atoms with van der Waals surface area (Å²) in [6, 6.07) is 16.2. The van der Waals surface area contributed by atoms with Crippen LogP contribution in [-0.2, 0) is 10.2 Å². The first-order valence-electron chi connectivity index (χ1n) is 9.35. The number of carbonyl (C=O) groups is 1. The van der Waals surface area contributed by atoms with E-state index in [2.05, 4.69) is 50.4 Å². The Morgan fingerprint density at radius 1 is 1.04 bits per heavy atom. The van der Waals surface area contributed by atoms with E-state index in [4.69, 9.17) is 4.74 Å². The molecular formula is C23H31NO2. The fourth-order valence-corrected chi connectivity index (χ4v) is 2.76. The van der Waals surface area contributed by atoms with Crippen LogP contribution in [0, 0.1) is 6.92 Å². The van der Waals surface area contributed by atoms with Crippen molar-refractivity contribution in [2.45, 2.75) is 65.5 Å². The minimum Gasteiger partial charge on any atom is -0.481 e. The third-order valence-corrected chi connectivity index (χ3v) is 4.60. The molecule has 0 aliphatic carbocycles. The van der Waals surface area contributed by atoms with Crippen molar-refractivity contribution < 1.29 is 9.53 Å². The van der Waals surface area contributed by atoms with Crippen LogP contribution < -0.4 is 10.1 Å². The van der Waals surface area contributed by atoms with E-state index in [9.17, 15) is 4.79 Å². The number of ether oxygens (including phenoxy) is 1. The van der Waals surface area contributed by atoms with Gasteiger partial charge in [-0.3, -0.25) is 4.79 Å². The van der Waals surface area contributed by atoms with Gasteiger partial charge in [0.25, 0.3) is 5.91 Å². The SMILES string of the molecule is CCC(Oc1ccc(C)cc1)C(=O)NC(C)c1ccc(C(C)(C)C)cc1. The molecule has 3 nitrogen and oxygen atoms in total. The first kappa shape index (κ1) is 20.0. The van der Waals surface area contributed by atoms with Gasteiger partial charge in [0.1, 0.15) is 5.75 Å². The zero-order valence-corrected chi connectivity index (χ0v) is 16.8. The van der Waals surface area contributed by atoms with Gasteiger partial charge in [-0.05, 0) is 48.9 Å². The van der Waals surface area contributed by atoms with Crippen molar-refractivity contribution in [1.29, 1.82) is 0 Å². The van der Waals surface area contributed by atoms with E-state index < -0.39 is 6.10 Å². The summed E-state index contributed by atoms with van der Waals surface area (Å²) in [5.41, 5.74) is 3.67. The lowest BCUT2D eigenvalue weighted by molar-refractivity contribution is -0.128. The Balaban J connectivity index is 2.00. The zero-order valence-electron chi connectivity index (χ0n) is 16.8. The summed E-state index contributed by atoms with van der Waals surface area (Å²) in [6.07, 6.45) is 0.129. The van der Waals surface area contributed by atoms with E-state index in [0.29, 0.717) is 6.42 Å². The number of benzene rings is 2. The Bertz CT molecular complexity index is 711. The second-order valence-corrected chi connectivity index (χ2v) is 7.93. The number of hydrogen-bond acceptors (Lipinski definition) is 2. The van der Waals surface area contributed by atoms with Crippen LogP contribution in [0.1, 0.15) is 63.8 Å². The summed E-state index contributed by atoms with van der Waals surface area (Å²) in [5.74, 6) is 0.639. The molecule has 0 aromatic heterocycles. The van der Waals surface area contributed by atoms with Crippen molar-refractivity contribution in [2.75, 3.05) is 0 Å². The van der Waals surface area contributed by atoms with Crippen LogP contribution in [0.5, 0.6) is 5.75 Å². The van der Waals surface area contributed by atoms with Crippen molar-refractivity contribution in [1.82, 2.24) is 5.32 Å². The molecule has 26 heavy (non-hydrogen) atoms. The summed E-state index contributed by atoms with van der Waals surface area (Å²) >= 11 is 0. The van der Waals surface area contributed by atoms with Gasteiger partial charge in [-0.2, -0.15) is 0 Å². The lowest BCUT2D eigenvalue weighted by Crippen LogP contribution is -2.39. The van der Waals surface area contributed by atoms with Crippen LogP contribution in [0.4, 0.5) is 0 Å². The van der Waals surface area contributed by atoms with Crippen LogP contribution >= 0.6 is 0 Å². The highest BCUT2D eigenvalue weighted by molar-refractivity contribution is 5.81. The first-order chi connectivity index (χ1) is 12.2. The molecule has 0 bridgehead atoms. The van der Waals surface area contributed by atoms with E-state index in [1.807, 2.05) is 45.0 Å². The highest BCUT2D eigenvalue weighted by atomic mass is 16.5. The highest BCUT2D eigenvalue weighted by Gasteiger charge is 2.21. The molecule has 0 spiro atoms. The lowest BCUT2D eigenvalue weighted by atomic mass is 9.86. The van der Waals surface area contributed by atoms with E-state index in [1.54, 1.807) is 0 Å². The number of aryl methyl sites for hydroxylation is 1. The standard InChI is InChI=1S/C23H31NO2/c1-7-21(26-20-14-8-16(2)9-15-20)22(25)24-17(3)18-10-12-19(13-11-18)23(4,5)6/h8-15,17,21H,7H2,1-6H3,(H,24,25). The van der Waals surface area contributed by atoms with Gasteiger partial charge in [0.05, 0.1) is 6.04 Å². The molecule has 2 aromatic carbocycles. The molecule has 1 N–H and O–H groups in total. The predicted octanol–water partition coefficient (Wildman–Crippen LogP) is 5.33. The maximum absolute atomic E-state index is 12.6. The lowest BCUT2D eigenvalue weighted by Gasteiger charge is -2.22. The van der Waals surface area contributed by atoms with Gasteiger partial charge >= 0.3 is 0 Å². The quantitative estimate of drug-likeness (QED) is 0.762. The molecule has 2 atom stereocenters. The molecule has 2 rings (SSSR count). The Labute approximate surface area is 157 Å². The third-order valence-electron chi connectivity index (χ3n) is 4.60. The molecule has 3 heteroatoms. The van der Waals surface area contributed by atoms with Crippen molar-refractivity contribution in [3.63, 3.8) is 0 Å². The predicted molar refractivity (Wildman–Crippen MR) is 108 cm³/mol. The normalized spacial score (nSPS) is 13.8. The van der Waals surface area contributed by atoms with Crippen molar-refractivity contribution in [3.05, 3.63) is 65.2 Å². The third kappa shape index (κ3) is 5.35. The van der Waals surface area contributed by atoms with Gasteiger partial charge in [0, 0.05) is 0 Å². The van der Waals surface area contributed by atoms with Crippen LogP contribution in [0.25, 0.3) is 0 Å². The van der Waals surface area contributed by atoms with Crippen molar-refractivity contribution in [2.24, 2.45) is 0 Å². The highest BCUT2D eigenvalue weighted by Crippen LogP contribution is 2.24. The number of rotatable bonds is 6. The van der Waals surface area contributed by atoms with Gasteiger partial charge in [-0.1, -0.05) is 69.7 Å². The van der Waals surface area contributed by atoms with E-state index >= 15 is 0 Å².